The highest BCUT2D eigenvalue weighted by molar-refractivity contribution is 6.46. The molecule has 1 atom stereocenters. The van der Waals surface area contributed by atoms with Crippen molar-refractivity contribution in [2.24, 2.45) is 0 Å². The Morgan fingerprint density at radius 3 is 2.14 bits per heavy atom. The summed E-state index contributed by atoms with van der Waals surface area (Å²) in [5, 5.41) is 11.2. The standard InChI is InChI=1S/C28H25NO6/c1-3-35-22-15-13-20(14-16-22)25(30)23-24(19-9-11-21(12-10-19)28(33)34-2)29(27(32)26(23)31)17-18-7-5-4-6-8-18/h4-16,24,30H,3,17H2,1-2H3/t24-/m1/s1. The zero-order chi connectivity index (χ0) is 24.9. The van der Waals surface area contributed by atoms with Crippen LogP contribution < -0.4 is 4.74 Å². The monoisotopic (exact) mass is 471 g/mol. The average Bonchev–Trinajstić information content (AvgIpc) is 3.14. The van der Waals surface area contributed by atoms with Gasteiger partial charge in [0.1, 0.15) is 11.5 Å². The van der Waals surface area contributed by atoms with E-state index < -0.39 is 23.7 Å². The number of hydrogen-bond donors (Lipinski definition) is 1. The van der Waals surface area contributed by atoms with Gasteiger partial charge in [0.05, 0.1) is 30.9 Å². The van der Waals surface area contributed by atoms with Crippen LogP contribution in [0.1, 0.15) is 40.0 Å². The third-order valence-electron chi connectivity index (χ3n) is 5.82. The summed E-state index contributed by atoms with van der Waals surface area (Å²) in [6, 6.07) is 21.6. The number of amides is 1. The van der Waals surface area contributed by atoms with Crippen LogP contribution in [0.25, 0.3) is 5.76 Å². The first kappa shape index (κ1) is 23.8. The van der Waals surface area contributed by atoms with Gasteiger partial charge in [-0.1, -0.05) is 42.5 Å². The van der Waals surface area contributed by atoms with Crippen LogP contribution in [0.4, 0.5) is 0 Å². The quantitative estimate of drug-likeness (QED) is 0.236. The summed E-state index contributed by atoms with van der Waals surface area (Å²) in [7, 11) is 1.29. The van der Waals surface area contributed by atoms with Crippen LogP contribution in [0.5, 0.6) is 5.75 Å². The fraction of sp³-hybridized carbons (Fsp3) is 0.179. The Morgan fingerprint density at radius 1 is 0.914 bits per heavy atom. The highest BCUT2D eigenvalue weighted by Crippen LogP contribution is 2.40. The fourth-order valence-electron chi connectivity index (χ4n) is 4.12. The van der Waals surface area contributed by atoms with Gasteiger partial charge in [-0.15, -0.1) is 0 Å². The van der Waals surface area contributed by atoms with Crippen LogP contribution in [0.3, 0.4) is 0 Å². The molecule has 7 heteroatoms. The topological polar surface area (TPSA) is 93.1 Å². The van der Waals surface area contributed by atoms with Gasteiger partial charge in [-0.25, -0.2) is 4.79 Å². The van der Waals surface area contributed by atoms with Crippen LogP contribution >= 0.6 is 0 Å². The third kappa shape index (κ3) is 4.80. The number of methoxy groups -OCH3 is 1. The van der Waals surface area contributed by atoms with Gasteiger partial charge in [-0.3, -0.25) is 9.59 Å². The number of ketones is 1. The van der Waals surface area contributed by atoms with Crippen molar-refractivity contribution in [3.05, 3.63) is 107 Å². The van der Waals surface area contributed by atoms with E-state index in [1.54, 1.807) is 48.5 Å². The summed E-state index contributed by atoms with van der Waals surface area (Å²) in [5.41, 5.74) is 2.14. The summed E-state index contributed by atoms with van der Waals surface area (Å²) in [6.07, 6.45) is 0. The number of esters is 1. The zero-order valence-corrected chi connectivity index (χ0v) is 19.4. The molecule has 1 heterocycles. The summed E-state index contributed by atoms with van der Waals surface area (Å²) in [4.78, 5) is 39.6. The van der Waals surface area contributed by atoms with Crippen molar-refractivity contribution in [2.45, 2.75) is 19.5 Å². The van der Waals surface area contributed by atoms with E-state index in [0.29, 0.717) is 29.0 Å². The number of aliphatic hydroxyl groups excluding tert-OH is 1. The SMILES string of the molecule is CCOc1ccc(C(O)=C2C(=O)C(=O)N(Cc3ccccc3)[C@@H]2c2ccc(C(=O)OC)cc2)cc1. The summed E-state index contributed by atoms with van der Waals surface area (Å²) >= 11 is 0. The van der Waals surface area contributed by atoms with E-state index in [4.69, 9.17) is 9.47 Å². The zero-order valence-electron chi connectivity index (χ0n) is 19.4. The molecule has 1 aliphatic rings. The minimum absolute atomic E-state index is 0.0130. The number of nitrogens with zero attached hydrogens (tertiary/aromatic N) is 1. The summed E-state index contributed by atoms with van der Waals surface area (Å²) in [6.45, 7) is 2.54. The van der Waals surface area contributed by atoms with Crippen molar-refractivity contribution in [3.8, 4) is 5.75 Å². The molecule has 0 saturated carbocycles. The van der Waals surface area contributed by atoms with Gasteiger partial charge in [-0.05, 0) is 54.4 Å². The maximum absolute atomic E-state index is 13.2. The number of Topliss-reactive ketones (excluding diaryl/α,β-unsaturated/α-hetero) is 1. The number of ether oxygens (including phenoxy) is 2. The molecule has 0 aromatic heterocycles. The van der Waals surface area contributed by atoms with Crippen molar-refractivity contribution >= 4 is 23.4 Å². The first-order valence-electron chi connectivity index (χ1n) is 11.2. The molecule has 3 aromatic carbocycles. The van der Waals surface area contributed by atoms with Gasteiger partial charge in [0.2, 0.25) is 0 Å². The van der Waals surface area contributed by atoms with E-state index >= 15 is 0 Å². The summed E-state index contributed by atoms with van der Waals surface area (Å²) in [5.74, 6) is -1.62. The number of hydrogen-bond acceptors (Lipinski definition) is 6. The van der Waals surface area contributed by atoms with Crippen molar-refractivity contribution in [3.63, 3.8) is 0 Å². The smallest absolute Gasteiger partial charge is 0.337 e. The molecule has 4 rings (SSSR count). The predicted octanol–water partition coefficient (Wildman–Crippen LogP) is 4.49. The minimum Gasteiger partial charge on any atom is -0.507 e. The molecule has 1 saturated heterocycles. The molecule has 35 heavy (non-hydrogen) atoms. The maximum Gasteiger partial charge on any atom is 0.337 e. The second-order valence-electron chi connectivity index (χ2n) is 7.98. The Hall–Kier alpha value is -4.39. The molecule has 0 bridgehead atoms. The molecule has 0 radical (unpaired) electrons. The molecule has 0 spiro atoms. The molecule has 178 valence electrons. The van der Waals surface area contributed by atoms with E-state index in [2.05, 4.69) is 0 Å². The van der Waals surface area contributed by atoms with Crippen molar-refractivity contribution in [1.29, 1.82) is 0 Å². The minimum atomic E-state index is -0.839. The second-order valence-corrected chi connectivity index (χ2v) is 7.98. The van der Waals surface area contributed by atoms with Crippen molar-refractivity contribution in [1.82, 2.24) is 4.90 Å². The van der Waals surface area contributed by atoms with Gasteiger partial charge < -0.3 is 19.5 Å². The van der Waals surface area contributed by atoms with E-state index in [1.807, 2.05) is 37.3 Å². The lowest BCUT2D eigenvalue weighted by molar-refractivity contribution is -0.140. The maximum atomic E-state index is 13.2. The molecule has 1 amide bonds. The number of rotatable bonds is 7. The Bertz CT molecular complexity index is 1260. The Balaban J connectivity index is 1.81. The van der Waals surface area contributed by atoms with Crippen LogP contribution in [0, 0.1) is 0 Å². The van der Waals surface area contributed by atoms with Gasteiger partial charge >= 0.3 is 5.97 Å². The Morgan fingerprint density at radius 2 is 1.54 bits per heavy atom. The van der Waals surface area contributed by atoms with E-state index in [1.165, 1.54) is 12.0 Å². The number of aliphatic hydroxyl groups is 1. The lowest BCUT2D eigenvalue weighted by Crippen LogP contribution is -2.29. The van der Waals surface area contributed by atoms with Crippen LogP contribution in [0.2, 0.25) is 0 Å². The Kier molecular flexibility index (Phi) is 6.96. The van der Waals surface area contributed by atoms with E-state index in [-0.39, 0.29) is 17.9 Å². The molecule has 1 N–H and O–H groups in total. The van der Waals surface area contributed by atoms with Crippen molar-refractivity contribution in [2.75, 3.05) is 13.7 Å². The first-order valence-corrected chi connectivity index (χ1v) is 11.2. The molecule has 7 nitrogen and oxygen atoms in total. The molecule has 3 aromatic rings. The van der Waals surface area contributed by atoms with E-state index in [0.717, 1.165) is 5.56 Å². The first-order chi connectivity index (χ1) is 16.9. The highest BCUT2D eigenvalue weighted by atomic mass is 16.5. The largest absolute Gasteiger partial charge is 0.507 e. The van der Waals surface area contributed by atoms with Gasteiger partial charge in [0, 0.05) is 12.1 Å². The van der Waals surface area contributed by atoms with Gasteiger partial charge in [0.25, 0.3) is 11.7 Å². The fourth-order valence-corrected chi connectivity index (χ4v) is 4.12. The van der Waals surface area contributed by atoms with Gasteiger partial charge in [-0.2, -0.15) is 0 Å². The molecule has 1 fully saturated rings. The third-order valence-corrected chi connectivity index (χ3v) is 5.82. The second kappa shape index (κ2) is 10.3. The van der Waals surface area contributed by atoms with Crippen LogP contribution in [0.15, 0.2) is 84.4 Å². The summed E-state index contributed by atoms with van der Waals surface area (Å²) < 4.78 is 10.2. The normalized spacial score (nSPS) is 16.9. The molecular weight excluding hydrogens is 446 g/mol. The molecule has 0 unspecified atom stereocenters. The molecular formula is C28H25NO6. The average molecular weight is 472 g/mol. The molecule has 1 aliphatic heterocycles. The van der Waals surface area contributed by atoms with E-state index in [9.17, 15) is 19.5 Å². The van der Waals surface area contributed by atoms with Crippen molar-refractivity contribution < 1.29 is 29.0 Å². The number of benzene rings is 3. The van der Waals surface area contributed by atoms with Crippen LogP contribution in [-0.4, -0.2) is 41.4 Å². The lowest BCUT2D eigenvalue weighted by Gasteiger charge is -2.25. The lowest BCUT2D eigenvalue weighted by atomic mass is 9.94. The highest BCUT2D eigenvalue weighted by Gasteiger charge is 2.46. The predicted molar refractivity (Wildman–Crippen MR) is 130 cm³/mol. The van der Waals surface area contributed by atoms with Gasteiger partial charge in [0.15, 0.2) is 0 Å². The number of likely N-dealkylation sites (tertiary alicyclic amines) is 1. The number of carbonyl (C=O) groups is 3. The van der Waals surface area contributed by atoms with Crippen LogP contribution in [-0.2, 0) is 20.9 Å². The Labute approximate surface area is 203 Å². The molecule has 0 aliphatic carbocycles. The number of carbonyl (C=O) groups excluding carboxylic acids is 3.